The number of ether oxygens (including phenoxy) is 1. The summed E-state index contributed by atoms with van der Waals surface area (Å²) in [6.07, 6.45) is 2.95. The molecule has 1 aromatic rings. The van der Waals surface area contributed by atoms with Crippen molar-refractivity contribution in [2.45, 2.75) is 30.9 Å². The van der Waals surface area contributed by atoms with Gasteiger partial charge in [-0.25, -0.2) is 4.39 Å². The lowest BCUT2D eigenvalue weighted by atomic mass is 9.69. The van der Waals surface area contributed by atoms with Gasteiger partial charge in [0.25, 0.3) is 0 Å². The Balaban J connectivity index is 1.96. The molecule has 2 unspecified atom stereocenters. The average Bonchev–Trinajstić information content (AvgIpc) is 2.82. The molecule has 0 aromatic heterocycles. The zero-order valence-corrected chi connectivity index (χ0v) is 10.5. The van der Waals surface area contributed by atoms with Crippen LogP contribution >= 0.6 is 0 Å². The lowest BCUT2D eigenvalue weighted by Gasteiger charge is -2.40. The highest BCUT2D eigenvalue weighted by Gasteiger charge is 2.50. The van der Waals surface area contributed by atoms with Gasteiger partial charge in [0.1, 0.15) is 5.82 Å². The topological polar surface area (TPSA) is 30.5 Å². The van der Waals surface area contributed by atoms with Crippen molar-refractivity contribution in [2.75, 3.05) is 13.7 Å². The molecule has 1 heterocycles. The largest absolute Gasteiger partial charge is 0.381 e. The number of methoxy groups -OCH3 is 1. The third-order valence-corrected chi connectivity index (χ3v) is 4.33. The van der Waals surface area contributed by atoms with E-state index >= 15 is 0 Å². The van der Waals surface area contributed by atoms with Gasteiger partial charge in [-0.05, 0) is 25.3 Å². The van der Waals surface area contributed by atoms with Gasteiger partial charge in [0.05, 0.1) is 18.2 Å². The SMILES string of the molecule is CO[C@H]1CCC2(c3ccccc3F)NOCC2C1. The van der Waals surface area contributed by atoms with Crippen LogP contribution in [0.3, 0.4) is 0 Å². The maximum Gasteiger partial charge on any atom is 0.128 e. The maximum absolute atomic E-state index is 14.1. The molecule has 2 aliphatic rings. The van der Waals surface area contributed by atoms with Gasteiger partial charge in [0.2, 0.25) is 0 Å². The van der Waals surface area contributed by atoms with Crippen molar-refractivity contribution in [3.05, 3.63) is 35.6 Å². The molecular weight excluding hydrogens is 233 g/mol. The van der Waals surface area contributed by atoms with Crippen molar-refractivity contribution < 1.29 is 14.0 Å². The predicted molar refractivity (Wildman–Crippen MR) is 65.3 cm³/mol. The fourth-order valence-electron chi connectivity index (χ4n) is 3.29. The smallest absolute Gasteiger partial charge is 0.128 e. The third kappa shape index (κ3) is 1.76. The van der Waals surface area contributed by atoms with Crippen molar-refractivity contribution in [1.82, 2.24) is 5.48 Å². The zero-order valence-electron chi connectivity index (χ0n) is 10.5. The highest BCUT2D eigenvalue weighted by Crippen LogP contribution is 2.46. The third-order valence-electron chi connectivity index (χ3n) is 4.33. The first-order valence-electron chi connectivity index (χ1n) is 6.43. The molecule has 1 aliphatic carbocycles. The first kappa shape index (κ1) is 12.1. The van der Waals surface area contributed by atoms with Crippen LogP contribution in [0.15, 0.2) is 24.3 Å². The van der Waals surface area contributed by atoms with Gasteiger partial charge in [-0.3, -0.25) is 0 Å². The number of fused-ring (bicyclic) bond motifs is 1. The van der Waals surface area contributed by atoms with E-state index < -0.39 is 0 Å². The average molecular weight is 251 g/mol. The quantitative estimate of drug-likeness (QED) is 0.875. The second-order valence-electron chi connectivity index (χ2n) is 5.19. The summed E-state index contributed by atoms with van der Waals surface area (Å²) in [6.45, 7) is 0.619. The molecule has 18 heavy (non-hydrogen) atoms. The molecule has 0 amide bonds. The van der Waals surface area contributed by atoms with Gasteiger partial charge in [-0.1, -0.05) is 18.2 Å². The molecule has 1 aromatic carbocycles. The molecule has 3 atom stereocenters. The Morgan fingerprint density at radius 3 is 3.06 bits per heavy atom. The minimum Gasteiger partial charge on any atom is -0.381 e. The molecule has 4 heteroatoms. The number of benzene rings is 1. The van der Waals surface area contributed by atoms with Crippen LogP contribution in [-0.4, -0.2) is 19.8 Å². The summed E-state index contributed by atoms with van der Waals surface area (Å²) in [7, 11) is 1.74. The summed E-state index contributed by atoms with van der Waals surface area (Å²) < 4.78 is 19.5. The predicted octanol–water partition coefficient (Wildman–Crippen LogP) is 2.37. The van der Waals surface area contributed by atoms with Crippen molar-refractivity contribution in [1.29, 1.82) is 0 Å². The van der Waals surface area contributed by atoms with Gasteiger partial charge in [-0.2, -0.15) is 5.48 Å². The van der Waals surface area contributed by atoms with Crippen LogP contribution in [0.4, 0.5) is 4.39 Å². The fourth-order valence-corrected chi connectivity index (χ4v) is 3.29. The monoisotopic (exact) mass is 251 g/mol. The summed E-state index contributed by atoms with van der Waals surface area (Å²) >= 11 is 0. The molecular formula is C14H18FNO2. The van der Waals surface area contributed by atoms with E-state index in [9.17, 15) is 4.39 Å². The number of hydrogen-bond donors (Lipinski definition) is 1. The minimum atomic E-state index is -0.375. The van der Waals surface area contributed by atoms with Gasteiger partial charge < -0.3 is 9.57 Å². The molecule has 3 nitrogen and oxygen atoms in total. The number of nitrogens with one attached hydrogen (secondary N) is 1. The zero-order chi connectivity index (χ0) is 12.6. The van der Waals surface area contributed by atoms with Crippen molar-refractivity contribution in [2.24, 2.45) is 5.92 Å². The van der Waals surface area contributed by atoms with Crippen molar-refractivity contribution >= 4 is 0 Å². The van der Waals surface area contributed by atoms with Gasteiger partial charge in [0, 0.05) is 18.6 Å². The Hall–Kier alpha value is -0.970. The number of hydroxylamine groups is 1. The van der Waals surface area contributed by atoms with Gasteiger partial charge >= 0.3 is 0 Å². The van der Waals surface area contributed by atoms with E-state index in [0.717, 1.165) is 24.8 Å². The second kappa shape index (κ2) is 4.61. The molecule has 0 spiro atoms. The Labute approximate surface area is 106 Å². The van der Waals surface area contributed by atoms with Gasteiger partial charge in [-0.15, -0.1) is 0 Å². The molecule has 1 N–H and O–H groups in total. The Bertz CT molecular complexity index is 440. The van der Waals surface area contributed by atoms with Crippen LogP contribution in [0.2, 0.25) is 0 Å². The van der Waals surface area contributed by atoms with E-state index in [0.29, 0.717) is 6.61 Å². The van der Waals surface area contributed by atoms with Crippen molar-refractivity contribution in [3.63, 3.8) is 0 Å². The summed E-state index contributed by atoms with van der Waals surface area (Å²) in [4.78, 5) is 5.42. The number of hydrogen-bond acceptors (Lipinski definition) is 3. The molecule has 0 radical (unpaired) electrons. The number of rotatable bonds is 2. The molecule has 1 aliphatic heterocycles. The Morgan fingerprint density at radius 2 is 2.28 bits per heavy atom. The van der Waals surface area contributed by atoms with E-state index in [4.69, 9.17) is 9.57 Å². The summed E-state index contributed by atoms with van der Waals surface area (Å²) in [5.74, 6) is 0.115. The second-order valence-corrected chi connectivity index (χ2v) is 5.19. The lowest BCUT2D eigenvalue weighted by Crippen LogP contribution is -2.47. The van der Waals surface area contributed by atoms with Crippen LogP contribution in [0, 0.1) is 11.7 Å². The van der Waals surface area contributed by atoms with E-state index in [-0.39, 0.29) is 23.4 Å². The van der Waals surface area contributed by atoms with Gasteiger partial charge in [0.15, 0.2) is 0 Å². The highest BCUT2D eigenvalue weighted by molar-refractivity contribution is 5.29. The maximum atomic E-state index is 14.1. The molecule has 98 valence electrons. The van der Waals surface area contributed by atoms with E-state index in [1.54, 1.807) is 13.2 Å². The summed E-state index contributed by atoms with van der Waals surface area (Å²) in [5, 5.41) is 0. The highest BCUT2D eigenvalue weighted by atomic mass is 19.1. The number of halogens is 1. The summed E-state index contributed by atoms with van der Waals surface area (Å²) in [5.41, 5.74) is 3.43. The van der Waals surface area contributed by atoms with Crippen molar-refractivity contribution in [3.8, 4) is 0 Å². The molecule has 2 fully saturated rings. The summed E-state index contributed by atoms with van der Waals surface area (Å²) in [6, 6.07) is 6.98. The fraction of sp³-hybridized carbons (Fsp3) is 0.571. The Morgan fingerprint density at radius 1 is 1.44 bits per heavy atom. The van der Waals surface area contributed by atoms with E-state index in [1.807, 2.05) is 12.1 Å². The Kier molecular flexibility index (Phi) is 3.09. The first-order valence-corrected chi connectivity index (χ1v) is 6.43. The molecule has 3 rings (SSSR count). The molecule has 1 saturated carbocycles. The standard InChI is InChI=1S/C14H18FNO2/c1-17-11-6-7-14(10(8-11)9-18-16-14)12-4-2-3-5-13(12)15/h2-5,10-11,16H,6-9H2,1H3/t10?,11-,14?/m0/s1. The van der Waals surface area contributed by atoms with Crippen LogP contribution in [0.1, 0.15) is 24.8 Å². The molecule has 1 saturated heterocycles. The van der Waals surface area contributed by atoms with Crippen LogP contribution < -0.4 is 5.48 Å². The van der Waals surface area contributed by atoms with Crippen LogP contribution in [0.25, 0.3) is 0 Å². The normalized spacial score (nSPS) is 35.4. The first-order chi connectivity index (χ1) is 8.76. The van der Waals surface area contributed by atoms with Crippen LogP contribution in [0.5, 0.6) is 0 Å². The lowest BCUT2D eigenvalue weighted by molar-refractivity contribution is 0.0126. The minimum absolute atomic E-state index is 0.156. The van der Waals surface area contributed by atoms with Crippen LogP contribution in [-0.2, 0) is 15.1 Å². The van der Waals surface area contributed by atoms with E-state index in [1.165, 1.54) is 6.07 Å². The van der Waals surface area contributed by atoms with E-state index in [2.05, 4.69) is 5.48 Å². The molecule has 0 bridgehead atoms.